The Morgan fingerprint density at radius 2 is 1.92 bits per heavy atom. The molecular formula is C26H29N5O6. The average molecular weight is 508 g/mol. The number of carboxylic acid groups (broad SMARTS) is 1. The number of carbonyl (C=O) groups excluding carboxylic acids is 1. The van der Waals surface area contributed by atoms with Crippen LogP contribution >= 0.6 is 0 Å². The summed E-state index contributed by atoms with van der Waals surface area (Å²) in [5.41, 5.74) is 2.97. The second kappa shape index (κ2) is 10.7. The number of carboxylic acids is 1. The lowest BCUT2D eigenvalue weighted by Crippen LogP contribution is -2.51. The molecule has 2 aromatic heterocycles. The fourth-order valence-corrected chi connectivity index (χ4v) is 4.76. The Morgan fingerprint density at radius 3 is 2.70 bits per heavy atom. The van der Waals surface area contributed by atoms with E-state index in [1.165, 1.54) is 6.07 Å². The molecule has 0 radical (unpaired) electrons. The van der Waals surface area contributed by atoms with Crippen molar-refractivity contribution < 1.29 is 24.2 Å². The minimum atomic E-state index is -1.04. The third kappa shape index (κ3) is 5.48. The number of nitrogens with one attached hydrogen (secondary N) is 2. The number of aromatic nitrogens is 2. The van der Waals surface area contributed by atoms with Crippen molar-refractivity contribution in [2.75, 3.05) is 56.3 Å². The van der Waals surface area contributed by atoms with Gasteiger partial charge < -0.3 is 29.8 Å². The van der Waals surface area contributed by atoms with Crippen molar-refractivity contribution >= 4 is 34.3 Å². The van der Waals surface area contributed by atoms with E-state index in [-0.39, 0.29) is 17.7 Å². The molecule has 2 aliphatic heterocycles. The van der Waals surface area contributed by atoms with Crippen molar-refractivity contribution in [3.8, 4) is 0 Å². The highest BCUT2D eigenvalue weighted by atomic mass is 16.5. The molecule has 11 nitrogen and oxygen atoms in total. The molecule has 3 N–H and O–H groups in total. The molecule has 194 valence electrons. The number of pyridine rings is 2. The van der Waals surface area contributed by atoms with Crippen molar-refractivity contribution in [2.24, 2.45) is 0 Å². The van der Waals surface area contributed by atoms with Crippen molar-refractivity contribution in [2.45, 2.75) is 19.5 Å². The van der Waals surface area contributed by atoms with Crippen LogP contribution in [0.3, 0.4) is 0 Å². The van der Waals surface area contributed by atoms with E-state index < -0.39 is 17.9 Å². The van der Waals surface area contributed by atoms with Crippen LogP contribution in [0, 0.1) is 6.92 Å². The monoisotopic (exact) mass is 507 g/mol. The van der Waals surface area contributed by atoms with Crippen LogP contribution in [0.2, 0.25) is 0 Å². The summed E-state index contributed by atoms with van der Waals surface area (Å²) in [4.78, 5) is 48.6. The van der Waals surface area contributed by atoms with E-state index in [1.807, 2.05) is 6.92 Å². The molecule has 1 amide bonds. The van der Waals surface area contributed by atoms with Crippen LogP contribution in [0.5, 0.6) is 0 Å². The maximum absolute atomic E-state index is 13.6. The van der Waals surface area contributed by atoms with E-state index in [0.717, 1.165) is 29.6 Å². The van der Waals surface area contributed by atoms with Crippen LogP contribution in [-0.4, -0.2) is 84.0 Å². The molecule has 1 atom stereocenters. The number of benzene rings is 1. The third-order valence-electron chi connectivity index (χ3n) is 6.67. The Balaban J connectivity index is 1.49. The summed E-state index contributed by atoms with van der Waals surface area (Å²) < 4.78 is 10.8. The first-order chi connectivity index (χ1) is 17.9. The minimum absolute atomic E-state index is 0.00968. The Hall–Kier alpha value is -3.80. The molecular weight excluding hydrogens is 478 g/mol. The molecule has 0 spiro atoms. The standard InChI is InChI=1S/C26H29N5O6/c1-16-10-23(32)29-21-3-2-18(12-19(16)21)28-25(33)20-11-17(14-30-4-7-36-8-5-30)13-27-24(20)31-6-9-37-15-22(31)26(34)35/h2-3,10-13,22H,4-9,14-15H2,1H3,(H,28,33)(H,29,32)(H,34,35). The molecule has 0 aliphatic carbocycles. The number of amides is 1. The number of aliphatic carboxylic acids is 1. The van der Waals surface area contributed by atoms with Gasteiger partial charge in [0.15, 0.2) is 6.04 Å². The van der Waals surface area contributed by atoms with Gasteiger partial charge in [-0.25, -0.2) is 9.78 Å². The second-order valence-corrected chi connectivity index (χ2v) is 9.26. The second-order valence-electron chi connectivity index (χ2n) is 9.26. The largest absolute Gasteiger partial charge is 0.480 e. The molecule has 3 aromatic rings. The topological polar surface area (TPSA) is 137 Å². The Morgan fingerprint density at radius 1 is 1.14 bits per heavy atom. The number of nitrogens with zero attached hydrogens (tertiary/aromatic N) is 3. The molecule has 0 bridgehead atoms. The molecule has 2 aliphatic rings. The highest BCUT2D eigenvalue weighted by Gasteiger charge is 2.33. The smallest absolute Gasteiger partial charge is 0.328 e. The Kier molecular flexibility index (Phi) is 7.17. The number of morpholine rings is 2. The zero-order valence-corrected chi connectivity index (χ0v) is 20.5. The molecule has 0 saturated carbocycles. The number of anilines is 2. The molecule has 1 aromatic carbocycles. The first kappa shape index (κ1) is 24.9. The molecule has 2 fully saturated rings. The van der Waals surface area contributed by atoms with Gasteiger partial charge in [-0.15, -0.1) is 0 Å². The summed E-state index contributed by atoms with van der Waals surface area (Å²) in [6, 6.07) is 7.61. The number of aromatic amines is 1. The average Bonchev–Trinajstić information content (AvgIpc) is 2.89. The van der Waals surface area contributed by atoms with Crippen LogP contribution < -0.4 is 15.8 Å². The summed E-state index contributed by atoms with van der Waals surface area (Å²) in [5.74, 6) is -1.13. The maximum atomic E-state index is 13.6. The number of rotatable bonds is 6. The fraction of sp³-hybridized carbons (Fsp3) is 0.385. The van der Waals surface area contributed by atoms with E-state index in [2.05, 4.69) is 20.2 Å². The van der Waals surface area contributed by atoms with Gasteiger partial charge in [-0.1, -0.05) is 0 Å². The lowest BCUT2D eigenvalue weighted by molar-refractivity contribution is -0.141. The van der Waals surface area contributed by atoms with Gasteiger partial charge in [0, 0.05) is 55.0 Å². The van der Waals surface area contributed by atoms with E-state index in [4.69, 9.17) is 9.47 Å². The van der Waals surface area contributed by atoms with E-state index >= 15 is 0 Å². The number of carbonyl (C=O) groups is 2. The Bertz CT molecular complexity index is 1380. The maximum Gasteiger partial charge on any atom is 0.328 e. The molecule has 2 saturated heterocycles. The summed E-state index contributed by atoms with van der Waals surface area (Å²) in [5, 5.41) is 13.5. The van der Waals surface area contributed by atoms with Crippen LogP contribution in [0.1, 0.15) is 21.5 Å². The summed E-state index contributed by atoms with van der Waals surface area (Å²) in [7, 11) is 0. The Labute approximate surface area is 213 Å². The minimum Gasteiger partial charge on any atom is -0.480 e. The first-order valence-electron chi connectivity index (χ1n) is 12.2. The van der Waals surface area contributed by atoms with E-state index in [0.29, 0.717) is 49.9 Å². The van der Waals surface area contributed by atoms with Gasteiger partial charge in [0.25, 0.3) is 5.91 Å². The SMILES string of the molecule is Cc1cc(=O)[nH]c2ccc(NC(=O)c3cc(CN4CCOCC4)cnc3N3CCOCC3C(=O)O)cc12. The first-order valence-corrected chi connectivity index (χ1v) is 12.2. The van der Waals surface area contributed by atoms with E-state index in [9.17, 15) is 19.5 Å². The van der Waals surface area contributed by atoms with Gasteiger partial charge >= 0.3 is 5.97 Å². The van der Waals surface area contributed by atoms with Crippen LogP contribution in [0.25, 0.3) is 10.9 Å². The van der Waals surface area contributed by atoms with Gasteiger partial charge in [-0.3, -0.25) is 14.5 Å². The van der Waals surface area contributed by atoms with Crippen molar-refractivity contribution in [3.05, 3.63) is 63.6 Å². The van der Waals surface area contributed by atoms with Crippen LogP contribution in [0.4, 0.5) is 11.5 Å². The molecule has 4 heterocycles. The zero-order valence-electron chi connectivity index (χ0n) is 20.5. The highest BCUT2D eigenvalue weighted by Crippen LogP contribution is 2.26. The molecule has 1 unspecified atom stereocenters. The van der Waals surface area contributed by atoms with Crippen molar-refractivity contribution in [1.82, 2.24) is 14.9 Å². The quantitative estimate of drug-likeness (QED) is 0.454. The molecule has 11 heteroatoms. The normalized spacial score (nSPS) is 18.6. The lowest BCUT2D eigenvalue weighted by atomic mass is 10.1. The lowest BCUT2D eigenvalue weighted by Gasteiger charge is -2.35. The van der Waals surface area contributed by atoms with E-state index in [1.54, 1.807) is 35.4 Å². The van der Waals surface area contributed by atoms with Gasteiger partial charge in [0.05, 0.1) is 32.0 Å². The molecule has 5 rings (SSSR count). The number of hydrogen-bond donors (Lipinski definition) is 3. The number of hydrogen-bond acceptors (Lipinski definition) is 8. The van der Waals surface area contributed by atoms with Gasteiger partial charge in [0.1, 0.15) is 5.82 Å². The molecule has 37 heavy (non-hydrogen) atoms. The highest BCUT2D eigenvalue weighted by molar-refractivity contribution is 6.08. The van der Waals surface area contributed by atoms with Gasteiger partial charge in [-0.2, -0.15) is 0 Å². The fourth-order valence-electron chi connectivity index (χ4n) is 4.76. The summed E-state index contributed by atoms with van der Waals surface area (Å²) in [6.07, 6.45) is 1.70. The number of H-pyrrole nitrogens is 1. The summed E-state index contributed by atoms with van der Waals surface area (Å²) >= 11 is 0. The van der Waals surface area contributed by atoms with Crippen LogP contribution in [-0.2, 0) is 20.8 Å². The predicted octanol–water partition coefficient (Wildman–Crippen LogP) is 1.61. The number of ether oxygens (including phenoxy) is 2. The van der Waals surface area contributed by atoms with Gasteiger partial charge in [0.2, 0.25) is 5.56 Å². The number of fused-ring (bicyclic) bond motifs is 1. The van der Waals surface area contributed by atoms with Crippen LogP contribution in [0.15, 0.2) is 41.3 Å². The van der Waals surface area contributed by atoms with Gasteiger partial charge in [-0.05, 0) is 42.3 Å². The van der Waals surface area contributed by atoms with Crippen molar-refractivity contribution in [3.63, 3.8) is 0 Å². The summed E-state index contributed by atoms with van der Waals surface area (Å²) in [6.45, 7) is 5.96. The predicted molar refractivity (Wildman–Crippen MR) is 137 cm³/mol. The number of aryl methyl sites for hydroxylation is 1. The van der Waals surface area contributed by atoms with Crippen molar-refractivity contribution in [1.29, 1.82) is 0 Å². The zero-order chi connectivity index (χ0) is 25.9. The third-order valence-corrected chi connectivity index (χ3v) is 6.67.